The van der Waals surface area contributed by atoms with Gasteiger partial charge in [0, 0.05) is 6.08 Å². The minimum Gasteiger partial charge on any atom is -0.494 e. The number of nitrogens with two attached hydrogens (primary N) is 1. The number of urea groups is 1. The molecule has 24 heavy (non-hydrogen) atoms. The van der Waals surface area contributed by atoms with Gasteiger partial charge >= 0.3 is 12.0 Å². The minimum absolute atomic E-state index is 0.313. The van der Waals surface area contributed by atoms with E-state index in [2.05, 4.69) is 0 Å². The molecule has 0 fully saturated rings. The number of nitrogens with one attached hydrogen (secondary N) is 1. The summed E-state index contributed by atoms with van der Waals surface area (Å²) in [4.78, 5) is 34.4. The van der Waals surface area contributed by atoms with E-state index in [0.29, 0.717) is 6.61 Å². The SMILES string of the molecule is CCOc1ccc(/C=C/C(=O)O[C@@H](C(=O)NC(N)=O)C(C)C)cc1. The highest BCUT2D eigenvalue weighted by Crippen LogP contribution is 2.13. The molecule has 0 heterocycles. The Bertz CT molecular complexity index is 608. The second-order valence-electron chi connectivity index (χ2n) is 5.29. The van der Waals surface area contributed by atoms with Crippen molar-refractivity contribution in [2.45, 2.75) is 26.9 Å². The minimum atomic E-state index is -1.10. The summed E-state index contributed by atoms with van der Waals surface area (Å²) < 4.78 is 10.4. The van der Waals surface area contributed by atoms with Gasteiger partial charge in [-0.15, -0.1) is 0 Å². The van der Waals surface area contributed by atoms with Crippen molar-refractivity contribution in [3.8, 4) is 5.75 Å². The van der Waals surface area contributed by atoms with Crippen LogP contribution in [0.1, 0.15) is 26.3 Å². The molecule has 0 saturated heterocycles. The zero-order valence-corrected chi connectivity index (χ0v) is 13.9. The Morgan fingerprint density at radius 1 is 1.21 bits per heavy atom. The molecule has 1 rings (SSSR count). The van der Waals surface area contributed by atoms with Crippen molar-refractivity contribution in [2.75, 3.05) is 6.61 Å². The Labute approximate surface area is 140 Å². The van der Waals surface area contributed by atoms with E-state index in [1.165, 1.54) is 6.08 Å². The number of carbonyl (C=O) groups excluding carboxylic acids is 3. The van der Waals surface area contributed by atoms with E-state index in [1.807, 2.05) is 12.2 Å². The Morgan fingerprint density at radius 2 is 1.83 bits per heavy atom. The number of imide groups is 1. The summed E-state index contributed by atoms with van der Waals surface area (Å²) in [7, 11) is 0. The first kappa shape index (κ1) is 19.2. The fraction of sp³-hybridized carbons (Fsp3) is 0.353. The number of hydrogen-bond donors (Lipinski definition) is 2. The maximum absolute atomic E-state index is 11.9. The molecular weight excluding hydrogens is 312 g/mol. The van der Waals surface area contributed by atoms with Gasteiger partial charge in [-0.3, -0.25) is 10.1 Å². The Balaban J connectivity index is 2.67. The highest BCUT2D eigenvalue weighted by atomic mass is 16.5. The van der Waals surface area contributed by atoms with Gasteiger partial charge in [0.15, 0.2) is 6.10 Å². The summed E-state index contributed by atoms with van der Waals surface area (Å²) in [6.45, 7) is 5.85. The van der Waals surface area contributed by atoms with E-state index in [9.17, 15) is 14.4 Å². The molecule has 0 unspecified atom stereocenters. The molecule has 0 bridgehead atoms. The molecule has 0 aliphatic heterocycles. The second kappa shape index (κ2) is 9.34. The number of esters is 1. The van der Waals surface area contributed by atoms with Crippen LogP contribution < -0.4 is 15.8 Å². The normalized spacial score (nSPS) is 12.0. The number of ether oxygens (including phenoxy) is 2. The predicted octanol–water partition coefficient (Wildman–Crippen LogP) is 1.86. The highest BCUT2D eigenvalue weighted by molar-refractivity contribution is 5.97. The summed E-state index contributed by atoms with van der Waals surface area (Å²) >= 11 is 0. The summed E-state index contributed by atoms with van der Waals surface area (Å²) in [5, 5.41) is 1.91. The van der Waals surface area contributed by atoms with Crippen LogP contribution in [0, 0.1) is 5.92 Å². The van der Waals surface area contributed by atoms with Gasteiger partial charge in [0.25, 0.3) is 5.91 Å². The lowest BCUT2D eigenvalue weighted by Gasteiger charge is -2.18. The summed E-state index contributed by atoms with van der Waals surface area (Å²) in [5.74, 6) is -1.02. The van der Waals surface area contributed by atoms with E-state index in [0.717, 1.165) is 11.3 Å². The molecule has 7 heteroatoms. The number of amides is 3. The maximum Gasteiger partial charge on any atom is 0.331 e. The Kier molecular flexibility index (Phi) is 7.48. The monoisotopic (exact) mass is 334 g/mol. The smallest absolute Gasteiger partial charge is 0.331 e. The number of rotatable bonds is 7. The van der Waals surface area contributed by atoms with Crippen molar-refractivity contribution in [1.29, 1.82) is 0 Å². The van der Waals surface area contributed by atoms with Crippen LogP contribution in [0.15, 0.2) is 30.3 Å². The first-order valence-corrected chi connectivity index (χ1v) is 7.55. The van der Waals surface area contributed by atoms with Gasteiger partial charge in [0.1, 0.15) is 5.75 Å². The summed E-state index contributed by atoms with van der Waals surface area (Å²) in [5.41, 5.74) is 5.67. The number of hydrogen-bond acceptors (Lipinski definition) is 5. The molecule has 1 aromatic rings. The fourth-order valence-corrected chi connectivity index (χ4v) is 1.86. The van der Waals surface area contributed by atoms with Crippen LogP contribution in [-0.4, -0.2) is 30.6 Å². The molecule has 0 aromatic heterocycles. The zero-order valence-electron chi connectivity index (χ0n) is 13.9. The first-order chi connectivity index (χ1) is 11.3. The molecule has 1 aromatic carbocycles. The molecule has 3 amide bonds. The van der Waals surface area contributed by atoms with Gasteiger partial charge in [-0.1, -0.05) is 26.0 Å². The van der Waals surface area contributed by atoms with Crippen molar-refractivity contribution in [2.24, 2.45) is 11.7 Å². The number of benzene rings is 1. The van der Waals surface area contributed by atoms with Gasteiger partial charge in [0.2, 0.25) is 0 Å². The predicted molar refractivity (Wildman–Crippen MR) is 89.1 cm³/mol. The first-order valence-electron chi connectivity index (χ1n) is 7.55. The highest BCUT2D eigenvalue weighted by Gasteiger charge is 2.26. The van der Waals surface area contributed by atoms with Crippen molar-refractivity contribution < 1.29 is 23.9 Å². The van der Waals surface area contributed by atoms with Crippen molar-refractivity contribution >= 4 is 24.0 Å². The molecule has 1 atom stereocenters. The molecule has 7 nitrogen and oxygen atoms in total. The van der Waals surface area contributed by atoms with E-state index >= 15 is 0 Å². The van der Waals surface area contributed by atoms with Crippen LogP contribution in [0.4, 0.5) is 4.79 Å². The second-order valence-corrected chi connectivity index (χ2v) is 5.29. The van der Waals surface area contributed by atoms with Crippen LogP contribution in [0.25, 0.3) is 6.08 Å². The van der Waals surface area contributed by atoms with Crippen molar-refractivity contribution in [3.63, 3.8) is 0 Å². The summed E-state index contributed by atoms with van der Waals surface area (Å²) in [6.07, 6.45) is 1.67. The van der Waals surface area contributed by atoms with Gasteiger partial charge in [-0.25, -0.2) is 9.59 Å². The maximum atomic E-state index is 11.9. The molecule has 0 radical (unpaired) electrons. The van der Waals surface area contributed by atoms with E-state index < -0.39 is 24.0 Å². The molecular formula is C17H22N2O5. The standard InChI is InChI=1S/C17H22N2O5/c1-4-23-13-8-5-12(6-9-13)7-10-14(20)24-15(11(2)3)16(21)19-17(18)22/h5-11,15H,4H2,1-3H3,(H3,18,19,21,22)/b10-7+/t15-/m1/s1. The third-order valence-electron chi connectivity index (χ3n) is 2.96. The van der Waals surface area contributed by atoms with E-state index in [4.69, 9.17) is 15.2 Å². The molecule has 0 aliphatic carbocycles. The fourth-order valence-electron chi connectivity index (χ4n) is 1.86. The number of carbonyl (C=O) groups is 3. The third-order valence-corrected chi connectivity index (χ3v) is 2.96. The lowest BCUT2D eigenvalue weighted by atomic mass is 10.1. The Morgan fingerprint density at radius 3 is 2.33 bits per heavy atom. The summed E-state index contributed by atoms with van der Waals surface area (Å²) in [6, 6.07) is 6.15. The van der Waals surface area contributed by atoms with E-state index in [-0.39, 0.29) is 5.92 Å². The van der Waals surface area contributed by atoms with Crippen LogP contribution in [0.3, 0.4) is 0 Å². The average molecular weight is 334 g/mol. The van der Waals surface area contributed by atoms with Gasteiger partial charge in [0.05, 0.1) is 6.61 Å². The molecule has 130 valence electrons. The van der Waals surface area contributed by atoms with Crippen molar-refractivity contribution in [1.82, 2.24) is 5.32 Å². The molecule has 0 spiro atoms. The molecule has 3 N–H and O–H groups in total. The zero-order chi connectivity index (χ0) is 18.1. The largest absolute Gasteiger partial charge is 0.494 e. The van der Waals surface area contributed by atoms with Gasteiger partial charge < -0.3 is 15.2 Å². The lowest BCUT2D eigenvalue weighted by molar-refractivity contribution is -0.153. The number of primary amides is 1. The quantitative estimate of drug-likeness (QED) is 0.584. The van der Waals surface area contributed by atoms with Crippen LogP contribution in [-0.2, 0) is 14.3 Å². The molecule has 0 saturated carbocycles. The van der Waals surface area contributed by atoms with Crippen molar-refractivity contribution in [3.05, 3.63) is 35.9 Å². The third kappa shape index (κ3) is 6.51. The van der Waals surface area contributed by atoms with E-state index in [1.54, 1.807) is 44.2 Å². The van der Waals surface area contributed by atoms with Crippen LogP contribution in [0.5, 0.6) is 5.75 Å². The van der Waals surface area contributed by atoms with Crippen LogP contribution in [0.2, 0.25) is 0 Å². The Hall–Kier alpha value is -2.83. The molecule has 0 aliphatic rings. The van der Waals surface area contributed by atoms with Gasteiger partial charge in [-0.2, -0.15) is 0 Å². The van der Waals surface area contributed by atoms with Gasteiger partial charge in [-0.05, 0) is 36.6 Å². The topological polar surface area (TPSA) is 108 Å². The van der Waals surface area contributed by atoms with Crippen LogP contribution >= 0.6 is 0 Å². The average Bonchev–Trinajstić information content (AvgIpc) is 2.51. The lowest BCUT2D eigenvalue weighted by Crippen LogP contribution is -2.45.